The van der Waals surface area contributed by atoms with Gasteiger partial charge in [0.15, 0.2) is 0 Å². The van der Waals surface area contributed by atoms with Gasteiger partial charge in [-0.25, -0.2) is 9.37 Å². The number of aromatic nitrogens is 2. The minimum Gasteiger partial charge on any atom is -0.497 e. The predicted octanol–water partition coefficient (Wildman–Crippen LogP) is 4.77. The Hall–Kier alpha value is -3.15. The molecule has 2 atom stereocenters. The number of amides is 1. The van der Waals surface area contributed by atoms with Gasteiger partial charge in [-0.2, -0.15) is 0 Å². The minimum absolute atomic E-state index is 0.0509. The van der Waals surface area contributed by atoms with Crippen molar-refractivity contribution in [3.63, 3.8) is 0 Å². The van der Waals surface area contributed by atoms with Gasteiger partial charge in [-0.15, -0.1) is 0 Å². The summed E-state index contributed by atoms with van der Waals surface area (Å²) in [5, 5.41) is 0. The normalized spacial score (nSPS) is 17.2. The molecule has 1 amide bonds. The first-order valence-corrected chi connectivity index (χ1v) is 10.3. The number of halogens is 1. The first-order valence-electron chi connectivity index (χ1n) is 10.3. The van der Waals surface area contributed by atoms with Crippen LogP contribution >= 0.6 is 0 Å². The number of likely N-dealkylation sites (tertiary alicyclic amines) is 1. The highest BCUT2D eigenvalue weighted by atomic mass is 19.1. The van der Waals surface area contributed by atoms with Crippen LogP contribution in [-0.4, -0.2) is 34.4 Å². The van der Waals surface area contributed by atoms with Crippen molar-refractivity contribution >= 4 is 5.91 Å². The number of hydrogen-bond donors (Lipinski definition) is 1. The lowest BCUT2D eigenvalue weighted by molar-refractivity contribution is -0.136. The molecule has 1 N–H and O–H groups in total. The number of aromatic amines is 1. The zero-order valence-corrected chi connectivity index (χ0v) is 17.3. The largest absolute Gasteiger partial charge is 0.497 e. The molecule has 1 aromatic heterocycles. The summed E-state index contributed by atoms with van der Waals surface area (Å²) >= 11 is 0. The standard InChI is InChI=1S/C24H26FN3O2/c1-16(14-17-5-11-20(30-2)12-6-17)24(29)28-13-3-4-22(28)23-26-15-21(27-23)18-7-9-19(25)10-8-18/h5-12,15-16,22H,3-4,13-14H2,1-2H3,(H,26,27). The summed E-state index contributed by atoms with van der Waals surface area (Å²) in [5.41, 5.74) is 2.82. The van der Waals surface area contributed by atoms with Crippen LogP contribution in [0.1, 0.15) is 37.2 Å². The van der Waals surface area contributed by atoms with Gasteiger partial charge in [0.05, 0.1) is 25.0 Å². The van der Waals surface area contributed by atoms with Gasteiger partial charge in [0.2, 0.25) is 5.91 Å². The Bertz CT molecular complexity index is 998. The van der Waals surface area contributed by atoms with Crippen LogP contribution in [-0.2, 0) is 11.2 Å². The molecule has 0 bridgehead atoms. The Balaban J connectivity index is 1.46. The topological polar surface area (TPSA) is 58.2 Å². The average Bonchev–Trinajstić information content (AvgIpc) is 3.44. The number of nitrogens with one attached hydrogen (secondary N) is 1. The molecule has 0 radical (unpaired) electrons. The van der Waals surface area contributed by atoms with Crippen molar-refractivity contribution in [2.45, 2.75) is 32.2 Å². The van der Waals surface area contributed by atoms with Gasteiger partial charge < -0.3 is 14.6 Å². The molecule has 30 heavy (non-hydrogen) atoms. The third-order valence-electron chi connectivity index (χ3n) is 5.72. The van der Waals surface area contributed by atoms with Gasteiger partial charge in [-0.05, 0) is 66.8 Å². The molecule has 156 valence electrons. The van der Waals surface area contributed by atoms with E-state index in [-0.39, 0.29) is 23.7 Å². The SMILES string of the molecule is COc1ccc(CC(C)C(=O)N2CCCC2c2ncc(-c3ccc(F)cc3)[nH]2)cc1. The highest BCUT2D eigenvalue weighted by Crippen LogP contribution is 2.33. The number of carbonyl (C=O) groups excluding carboxylic acids is 1. The van der Waals surface area contributed by atoms with Crippen LogP contribution in [0.2, 0.25) is 0 Å². The van der Waals surface area contributed by atoms with Gasteiger partial charge in [0.25, 0.3) is 0 Å². The highest BCUT2D eigenvalue weighted by molar-refractivity contribution is 5.79. The Morgan fingerprint density at radius 1 is 1.23 bits per heavy atom. The van der Waals surface area contributed by atoms with Crippen molar-refractivity contribution in [3.05, 3.63) is 71.9 Å². The monoisotopic (exact) mass is 407 g/mol. The third kappa shape index (κ3) is 4.22. The van der Waals surface area contributed by atoms with E-state index in [1.807, 2.05) is 36.1 Å². The fraction of sp³-hybridized carbons (Fsp3) is 0.333. The van der Waals surface area contributed by atoms with E-state index in [4.69, 9.17) is 4.74 Å². The van der Waals surface area contributed by atoms with Crippen molar-refractivity contribution in [2.24, 2.45) is 5.92 Å². The van der Waals surface area contributed by atoms with E-state index in [9.17, 15) is 9.18 Å². The average molecular weight is 407 g/mol. The number of carbonyl (C=O) groups is 1. The Morgan fingerprint density at radius 2 is 1.97 bits per heavy atom. The van der Waals surface area contributed by atoms with E-state index >= 15 is 0 Å². The van der Waals surface area contributed by atoms with Crippen molar-refractivity contribution < 1.29 is 13.9 Å². The number of hydrogen-bond acceptors (Lipinski definition) is 3. The third-order valence-corrected chi connectivity index (χ3v) is 5.72. The van der Waals surface area contributed by atoms with Crippen molar-refractivity contribution in [1.29, 1.82) is 0 Å². The van der Waals surface area contributed by atoms with Gasteiger partial charge >= 0.3 is 0 Å². The molecule has 1 fully saturated rings. The molecular formula is C24H26FN3O2. The second-order valence-electron chi connectivity index (χ2n) is 7.83. The van der Waals surface area contributed by atoms with E-state index in [1.54, 1.807) is 25.4 Å². The Kier molecular flexibility index (Phi) is 5.84. The van der Waals surface area contributed by atoms with E-state index in [0.29, 0.717) is 6.42 Å². The van der Waals surface area contributed by atoms with Crippen molar-refractivity contribution in [2.75, 3.05) is 13.7 Å². The summed E-state index contributed by atoms with van der Waals surface area (Å²) in [7, 11) is 1.64. The quantitative estimate of drug-likeness (QED) is 0.641. The smallest absolute Gasteiger partial charge is 0.226 e. The predicted molar refractivity (Wildman–Crippen MR) is 114 cm³/mol. The second kappa shape index (κ2) is 8.69. The lowest BCUT2D eigenvalue weighted by Crippen LogP contribution is -2.35. The van der Waals surface area contributed by atoms with E-state index in [1.165, 1.54) is 12.1 Å². The van der Waals surface area contributed by atoms with Crippen LogP contribution in [0.25, 0.3) is 11.3 Å². The molecule has 6 heteroatoms. The van der Waals surface area contributed by atoms with Gasteiger partial charge in [-0.3, -0.25) is 4.79 Å². The lowest BCUT2D eigenvalue weighted by atomic mass is 9.99. The van der Waals surface area contributed by atoms with Crippen LogP contribution in [0, 0.1) is 11.7 Å². The zero-order chi connectivity index (χ0) is 21.1. The molecule has 0 spiro atoms. The summed E-state index contributed by atoms with van der Waals surface area (Å²) in [4.78, 5) is 23.0. The maximum Gasteiger partial charge on any atom is 0.226 e. The summed E-state index contributed by atoms with van der Waals surface area (Å²) < 4.78 is 18.4. The highest BCUT2D eigenvalue weighted by Gasteiger charge is 2.34. The molecule has 1 aliphatic rings. The number of H-pyrrole nitrogens is 1. The minimum atomic E-state index is -0.267. The first-order chi connectivity index (χ1) is 14.5. The maximum atomic E-state index is 13.2. The molecule has 2 unspecified atom stereocenters. The first kappa shape index (κ1) is 20.1. The van der Waals surface area contributed by atoms with Crippen LogP contribution in [0.3, 0.4) is 0 Å². The molecule has 0 saturated carbocycles. The van der Waals surface area contributed by atoms with Crippen LogP contribution < -0.4 is 4.74 Å². The number of methoxy groups -OCH3 is 1. The molecule has 1 aliphatic heterocycles. The summed E-state index contributed by atoms with van der Waals surface area (Å²) in [6.45, 7) is 2.72. The molecule has 5 nitrogen and oxygen atoms in total. The molecule has 4 rings (SSSR count). The lowest BCUT2D eigenvalue weighted by Gasteiger charge is -2.26. The van der Waals surface area contributed by atoms with Crippen LogP contribution in [0.15, 0.2) is 54.7 Å². The Morgan fingerprint density at radius 3 is 2.67 bits per heavy atom. The summed E-state index contributed by atoms with van der Waals surface area (Å²) in [5.74, 6) is 1.36. The molecule has 2 heterocycles. The van der Waals surface area contributed by atoms with E-state index in [2.05, 4.69) is 9.97 Å². The van der Waals surface area contributed by atoms with Gasteiger partial charge in [0.1, 0.15) is 17.4 Å². The molecule has 3 aromatic rings. The fourth-order valence-electron chi connectivity index (χ4n) is 4.08. The number of imidazole rings is 1. The summed E-state index contributed by atoms with van der Waals surface area (Å²) in [6.07, 6.45) is 4.28. The number of nitrogens with zero attached hydrogens (tertiary/aromatic N) is 2. The molecular weight excluding hydrogens is 381 g/mol. The van der Waals surface area contributed by atoms with E-state index < -0.39 is 0 Å². The molecule has 2 aromatic carbocycles. The summed E-state index contributed by atoms with van der Waals surface area (Å²) in [6, 6.07) is 14.1. The fourth-order valence-corrected chi connectivity index (χ4v) is 4.08. The molecule has 1 saturated heterocycles. The second-order valence-corrected chi connectivity index (χ2v) is 7.83. The maximum absolute atomic E-state index is 13.2. The van der Waals surface area contributed by atoms with E-state index in [0.717, 1.165) is 47.8 Å². The van der Waals surface area contributed by atoms with Crippen LogP contribution in [0.4, 0.5) is 4.39 Å². The molecule has 0 aliphatic carbocycles. The number of ether oxygens (including phenoxy) is 1. The van der Waals surface area contributed by atoms with Gasteiger partial charge in [0, 0.05) is 12.5 Å². The van der Waals surface area contributed by atoms with Crippen molar-refractivity contribution in [3.8, 4) is 17.0 Å². The number of benzene rings is 2. The van der Waals surface area contributed by atoms with Gasteiger partial charge in [-0.1, -0.05) is 19.1 Å². The zero-order valence-electron chi connectivity index (χ0n) is 17.3. The van der Waals surface area contributed by atoms with Crippen molar-refractivity contribution in [1.82, 2.24) is 14.9 Å². The Labute approximate surface area is 175 Å². The number of rotatable bonds is 6. The van der Waals surface area contributed by atoms with Crippen LogP contribution in [0.5, 0.6) is 5.75 Å².